The first-order valence-corrected chi connectivity index (χ1v) is 5.27. The van der Waals surface area contributed by atoms with E-state index in [9.17, 15) is 4.39 Å². The molecule has 0 bridgehead atoms. The van der Waals surface area contributed by atoms with Crippen molar-refractivity contribution in [2.45, 2.75) is 25.3 Å². The fraction of sp³-hybridized carbons (Fsp3) is 0.385. The lowest BCUT2D eigenvalue weighted by Crippen LogP contribution is -2.20. The van der Waals surface area contributed by atoms with Gasteiger partial charge in [-0.3, -0.25) is 0 Å². The summed E-state index contributed by atoms with van der Waals surface area (Å²) in [6.45, 7) is 0.803. The largest absolute Gasteiger partial charge is 0.309 e. The first-order valence-electron chi connectivity index (χ1n) is 5.27. The van der Waals surface area contributed by atoms with Gasteiger partial charge in [0.25, 0.3) is 0 Å². The molecule has 0 aromatic heterocycles. The third-order valence-corrected chi connectivity index (χ3v) is 2.87. The van der Waals surface area contributed by atoms with Gasteiger partial charge in [0.1, 0.15) is 5.82 Å². The van der Waals surface area contributed by atoms with Crippen molar-refractivity contribution in [3.63, 3.8) is 0 Å². The molecule has 78 valence electrons. The van der Waals surface area contributed by atoms with Crippen molar-refractivity contribution in [1.29, 1.82) is 0 Å². The topological polar surface area (TPSA) is 12.0 Å². The van der Waals surface area contributed by atoms with Crippen LogP contribution in [-0.4, -0.2) is 6.54 Å². The average molecular weight is 203 g/mol. The molecule has 1 atom stereocenters. The molecule has 1 aromatic carbocycles. The van der Waals surface area contributed by atoms with Crippen LogP contribution in [0.25, 0.3) is 0 Å². The van der Waals surface area contributed by atoms with Crippen LogP contribution in [-0.2, 0) is 6.42 Å². The molecule has 0 saturated heterocycles. The molecule has 2 heteroatoms. The molecule has 2 rings (SSSR count). The summed E-state index contributed by atoms with van der Waals surface area (Å²) >= 11 is 0. The van der Waals surface area contributed by atoms with Gasteiger partial charge in [0.05, 0.1) is 0 Å². The molecule has 0 radical (unpaired) electrons. The third-order valence-electron chi connectivity index (χ3n) is 2.87. The fourth-order valence-electron chi connectivity index (χ4n) is 2.14. The van der Waals surface area contributed by atoms with Gasteiger partial charge in [0.2, 0.25) is 0 Å². The number of hydrogen-bond acceptors (Lipinski definition) is 1. The predicted molar refractivity (Wildman–Crippen MR) is 58.9 cm³/mol. The Balaban J connectivity index is 2.09. The van der Waals surface area contributed by atoms with Crippen molar-refractivity contribution in [2.24, 2.45) is 0 Å². The van der Waals surface area contributed by atoms with E-state index in [1.807, 2.05) is 6.07 Å². The van der Waals surface area contributed by atoms with Crippen LogP contribution in [0.3, 0.4) is 0 Å². The Kier molecular flexibility index (Phi) is 3.03. The van der Waals surface area contributed by atoms with Crippen molar-refractivity contribution in [3.05, 3.63) is 35.1 Å². The molecular weight excluding hydrogens is 189 g/mol. The first-order chi connectivity index (χ1) is 7.33. The first kappa shape index (κ1) is 10.2. The molecule has 1 nitrogen and oxygen atoms in total. The zero-order valence-corrected chi connectivity index (χ0v) is 8.59. The molecule has 0 saturated carbocycles. The Bertz CT molecular complexity index is 392. The number of fused-ring (bicyclic) bond motifs is 1. The maximum atomic E-state index is 13.4. The normalized spacial score (nSPS) is 18.5. The molecule has 1 aliphatic rings. The van der Waals surface area contributed by atoms with Gasteiger partial charge in [0.15, 0.2) is 0 Å². The van der Waals surface area contributed by atoms with Crippen molar-refractivity contribution in [2.75, 3.05) is 6.54 Å². The number of halogens is 1. The summed E-state index contributed by atoms with van der Waals surface area (Å²) in [5.74, 6) is 2.52. The maximum absolute atomic E-state index is 13.4. The second kappa shape index (κ2) is 4.46. The summed E-state index contributed by atoms with van der Waals surface area (Å²) in [6, 6.07) is 5.58. The molecule has 0 amide bonds. The van der Waals surface area contributed by atoms with Gasteiger partial charge in [-0.2, -0.15) is 0 Å². The van der Waals surface area contributed by atoms with E-state index < -0.39 is 0 Å². The minimum absolute atomic E-state index is 0.0752. The van der Waals surface area contributed by atoms with Crippen molar-refractivity contribution in [3.8, 4) is 12.3 Å². The van der Waals surface area contributed by atoms with Gasteiger partial charge in [0, 0.05) is 19.0 Å². The Morgan fingerprint density at radius 2 is 2.40 bits per heavy atom. The van der Waals surface area contributed by atoms with Crippen LogP contribution < -0.4 is 5.32 Å². The van der Waals surface area contributed by atoms with E-state index in [1.165, 1.54) is 6.07 Å². The molecular formula is C13H14FN. The zero-order valence-electron chi connectivity index (χ0n) is 8.59. The Morgan fingerprint density at radius 3 is 3.20 bits per heavy atom. The molecule has 15 heavy (non-hydrogen) atoms. The van der Waals surface area contributed by atoms with Gasteiger partial charge >= 0.3 is 0 Å². The molecule has 1 unspecified atom stereocenters. The minimum atomic E-state index is -0.0752. The summed E-state index contributed by atoms with van der Waals surface area (Å²) in [5, 5.41) is 3.36. The van der Waals surface area contributed by atoms with E-state index in [0.29, 0.717) is 0 Å². The summed E-state index contributed by atoms with van der Waals surface area (Å²) in [5.41, 5.74) is 1.97. The van der Waals surface area contributed by atoms with Crippen LogP contribution in [0.5, 0.6) is 0 Å². The number of hydrogen-bond donors (Lipinski definition) is 1. The van der Waals surface area contributed by atoms with Crippen LogP contribution in [0.1, 0.15) is 30.0 Å². The molecule has 0 aliphatic heterocycles. The summed E-state index contributed by atoms with van der Waals surface area (Å²) in [4.78, 5) is 0. The summed E-state index contributed by atoms with van der Waals surface area (Å²) in [6.07, 6.45) is 7.71. The monoisotopic (exact) mass is 203 g/mol. The van der Waals surface area contributed by atoms with Crippen LogP contribution in [0.4, 0.5) is 4.39 Å². The number of terminal acetylenes is 1. The zero-order chi connectivity index (χ0) is 10.7. The highest BCUT2D eigenvalue weighted by molar-refractivity contribution is 5.35. The van der Waals surface area contributed by atoms with E-state index >= 15 is 0 Å². The van der Waals surface area contributed by atoms with E-state index in [2.05, 4.69) is 11.2 Å². The Hall–Kier alpha value is -1.33. The van der Waals surface area contributed by atoms with Gasteiger partial charge < -0.3 is 5.32 Å². The predicted octanol–water partition coefficient (Wildman–Crippen LogP) is 2.43. The Morgan fingerprint density at radius 1 is 1.53 bits per heavy atom. The second-order valence-electron chi connectivity index (χ2n) is 3.81. The van der Waals surface area contributed by atoms with Gasteiger partial charge in [-0.05, 0) is 30.0 Å². The smallest absolute Gasteiger partial charge is 0.126 e. The highest BCUT2D eigenvalue weighted by Crippen LogP contribution is 2.32. The molecule has 0 spiro atoms. The van der Waals surface area contributed by atoms with Gasteiger partial charge in [-0.25, -0.2) is 4.39 Å². The second-order valence-corrected chi connectivity index (χ2v) is 3.81. The molecule has 0 heterocycles. The molecule has 1 aromatic rings. The van der Waals surface area contributed by atoms with Crippen LogP contribution in [0.2, 0.25) is 0 Å². The van der Waals surface area contributed by atoms with Crippen LogP contribution in [0, 0.1) is 18.2 Å². The number of benzene rings is 1. The maximum Gasteiger partial charge on any atom is 0.126 e. The van der Waals surface area contributed by atoms with Crippen molar-refractivity contribution >= 4 is 0 Å². The molecule has 1 N–H and O–H groups in total. The third kappa shape index (κ3) is 2.03. The lowest BCUT2D eigenvalue weighted by Gasteiger charge is -2.12. The number of rotatable bonds is 3. The van der Waals surface area contributed by atoms with E-state index in [4.69, 9.17) is 6.42 Å². The number of nitrogens with one attached hydrogen (secondary N) is 1. The van der Waals surface area contributed by atoms with Crippen LogP contribution >= 0.6 is 0 Å². The Labute approximate surface area is 89.7 Å². The quantitative estimate of drug-likeness (QED) is 0.587. The van der Waals surface area contributed by atoms with Crippen LogP contribution in [0.15, 0.2) is 18.2 Å². The SMILES string of the molecule is C#CCCNC1CCc2c(F)cccc21. The van der Waals surface area contributed by atoms with Crippen molar-refractivity contribution < 1.29 is 4.39 Å². The van der Waals surface area contributed by atoms with Gasteiger partial charge in [-0.1, -0.05) is 12.1 Å². The standard InChI is InChI=1S/C13H14FN/c1-2-3-9-15-13-8-7-10-11(13)5-4-6-12(10)14/h1,4-6,13,15H,3,7-9H2. The lowest BCUT2D eigenvalue weighted by atomic mass is 10.1. The minimum Gasteiger partial charge on any atom is -0.309 e. The van der Waals surface area contributed by atoms with E-state index in [0.717, 1.165) is 36.9 Å². The fourth-order valence-corrected chi connectivity index (χ4v) is 2.14. The average Bonchev–Trinajstić information content (AvgIpc) is 2.64. The summed E-state index contributed by atoms with van der Waals surface area (Å²) in [7, 11) is 0. The van der Waals surface area contributed by atoms with Crippen molar-refractivity contribution in [1.82, 2.24) is 5.32 Å². The highest BCUT2D eigenvalue weighted by Gasteiger charge is 2.23. The molecule has 0 fully saturated rings. The van der Waals surface area contributed by atoms with E-state index in [-0.39, 0.29) is 11.9 Å². The highest BCUT2D eigenvalue weighted by atomic mass is 19.1. The van der Waals surface area contributed by atoms with Gasteiger partial charge in [-0.15, -0.1) is 12.3 Å². The molecule has 1 aliphatic carbocycles. The summed E-state index contributed by atoms with van der Waals surface area (Å²) < 4.78 is 13.4. The van der Waals surface area contributed by atoms with E-state index in [1.54, 1.807) is 6.07 Å². The lowest BCUT2D eigenvalue weighted by molar-refractivity contribution is 0.539.